The zero-order valence-electron chi connectivity index (χ0n) is 49.1. The van der Waals surface area contributed by atoms with E-state index in [4.69, 9.17) is 29.7 Å². The second-order valence-electron chi connectivity index (χ2n) is 10.5. The van der Waals surface area contributed by atoms with E-state index in [0.29, 0.717) is 17.2 Å². The van der Waals surface area contributed by atoms with Crippen LogP contribution in [0.5, 0.6) is 17.2 Å². The summed E-state index contributed by atoms with van der Waals surface area (Å²) in [6.07, 6.45) is 1.94. The fourth-order valence-corrected chi connectivity index (χ4v) is 1.55. The van der Waals surface area contributed by atoms with Gasteiger partial charge in [0.05, 0.1) is 14.2 Å². The molecular formula is C51H106AcO11Si3Y3-. The molecule has 0 aliphatic rings. The zero-order chi connectivity index (χ0) is 53.5. The number of hydrogen-bond donors (Lipinski definition) is 3. The summed E-state index contributed by atoms with van der Waals surface area (Å²) in [4.78, 5) is 46.9. The van der Waals surface area contributed by atoms with Gasteiger partial charge in [0.15, 0.2) is 0 Å². The first-order valence-electron chi connectivity index (χ1n) is 21.7. The monoisotopic (exact) mass is 1470 g/mol. The van der Waals surface area contributed by atoms with Crippen molar-refractivity contribution >= 4 is 57.2 Å². The van der Waals surface area contributed by atoms with Crippen molar-refractivity contribution in [2.45, 2.75) is 169 Å². The molecule has 0 aliphatic carbocycles. The standard InChI is InChI=1S/3C6H6O.C5H8O4.3C3H9Si.3C2H4O.6C2H6.CH3.Ac.H2O.3Y/c3*7-6-4-2-1-3-5-6;1-8-4(6)3-5(7)9-2;3*1-4(2)3;3*1-2-3;6*1-2;;;;;;/h3*1-5,7H;3H2,1-2H3;3*1-3H3;3*2H,1H3;6*1-2H3;1H3;;1H2;;;/q;;;;;;;;;;;;;;;;-1;;;;;. The van der Waals surface area contributed by atoms with E-state index in [9.17, 15) is 9.59 Å². The molecule has 0 spiro atoms. The Morgan fingerprint density at radius 3 is 0.580 bits per heavy atom. The van der Waals surface area contributed by atoms with Crippen molar-refractivity contribution in [3.8, 4) is 17.2 Å². The molecule has 0 aromatic heterocycles. The molecule has 3 aromatic carbocycles. The summed E-state index contributed by atoms with van der Waals surface area (Å²) in [6, 6.07) is 26.1. The van der Waals surface area contributed by atoms with Crippen LogP contribution in [0, 0.1) is 51.5 Å². The molecule has 0 bridgehead atoms. The number of phenolic OH excluding ortho intramolecular Hbond substituents is 3. The molecule has 0 unspecified atom stereocenters. The second-order valence-corrected chi connectivity index (χ2v) is 19.5. The van der Waals surface area contributed by atoms with E-state index in [-0.39, 0.29) is 188 Å². The van der Waals surface area contributed by atoms with Gasteiger partial charge in [0.25, 0.3) is 0 Å². The third-order valence-electron chi connectivity index (χ3n) is 3.01. The normalized spacial score (nSPS) is 6.33. The molecule has 3 rings (SSSR count). The second kappa shape index (κ2) is 151. The summed E-state index contributed by atoms with van der Waals surface area (Å²) in [7, 11) is 2.79. The number of ether oxygens (including phenoxy) is 2. The Hall–Kier alpha value is 0.374. The number of phenols is 3. The Bertz CT molecular complexity index is 995. The number of methoxy groups -OCH3 is 2. The number of carbonyl (C=O) groups is 5. The van der Waals surface area contributed by atoms with Gasteiger partial charge in [-0.2, -0.15) is 0 Å². The molecule has 7 radical (unpaired) electrons. The number of hydrogen-bond acceptors (Lipinski definition) is 10. The van der Waals surface area contributed by atoms with Crippen LogP contribution in [0.3, 0.4) is 0 Å². The minimum atomic E-state index is -0.582. The van der Waals surface area contributed by atoms with Crippen LogP contribution in [0.4, 0.5) is 0 Å². The van der Waals surface area contributed by atoms with E-state index in [1.54, 1.807) is 72.8 Å². The SMILES string of the molecule is CC.CC.CC.CC.CC.CC.CC=O.CC=O.CC=O.COC(=O)CC(=O)OC.C[Si](C)C.C[Si](C)C.C[Si](C)C.O.Oc1ccccc1.Oc1ccccc1.Oc1ccccc1.[Ac].[CH3-].[Y].[Y].[Y]. The van der Waals surface area contributed by atoms with Gasteiger partial charge in [0.2, 0.25) is 0 Å². The summed E-state index contributed by atoms with van der Waals surface area (Å²) in [5, 5.41) is 25.9. The molecular weight excluding hydrogens is 1370 g/mol. The molecule has 0 saturated heterocycles. The summed E-state index contributed by atoms with van der Waals surface area (Å²) in [6.45, 7) is 48.8. The Kier molecular flexibility index (Phi) is 279. The number of benzene rings is 3. The van der Waals surface area contributed by atoms with Gasteiger partial charge < -0.3 is 52.1 Å². The molecule has 0 amide bonds. The molecule has 0 heterocycles. The number of carbonyl (C=O) groups excluding carboxylic acids is 5. The van der Waals surface area contributed by atoms with Crippen molar-refractivity contribution in [2.24, 2.45) is 0 Å². The minimum Gasteiger partial charge on any atom is -0.508 e. The average molecular weight is 1470 g/mol. The Morgan fingerprint density at radius 2 is 0.522 bits per heavy atom. The van der Waals surface area contributed by atoms with Crippen molar-refractivity contribution in [3.05, 3.63) is 98.4 Å². The van der Waals surface area contributed by atoms with E-state index in [0.717, 1.165) is 18.9 Å². The minimum absolute atomic E-state index is 0. The van der Waals surface area contributed by atoms with Crippen molar-refractivity contribution in [1.82, 2.24) is 0 Å². The predicted molar refractivity (Wildman–Crippen MR) is 296 cm³/mol. The van der Waals surface area contributed by atoms with Crippen LogP contribution in [0.1, 0.15) is 110 Å². The Balaban J connectivity index is -0.0000000233. The molecule has 0 fully saturated rings. The van der Waals surface area contributed by atoms with Crippen LogP contribution in [0.2, 0.25) is 58.9 Å². The van der Waals surface area contributed by atoms with Crippen LogP contribution in [0.25, 0.3) is 0 Å². The van der Waals surface area contributed by atoms with Gasteiger partial charge in [0, 0.05) is 169 Å². The zero-order valence-corrected chi connectivity index (χ0v) is 65.4. The molecule has 18 heteroatoms. The summed E-state index contributed by atoms with van der Waals surface area (Å²) >= 11 is 0. The first-order chi connectivity index (χ1) is 29.8. The van der Waals surface area contributed by atoms with Crippen LogP contribution in [-0.4, -0.2) is 92.2 Å². The number of esters is 2. The van der Waals surface area contributed by atoms with Gasteiger partial charge in [0.1, 0.15) is 42.5 Å². The van der Waals surface area contributed by atoms with Gasteiger partial charge in [-0.1, -0.05) is 197 Å². The van der Waals surface area contributed by atoms with Crippen molar-refractivity contribution < 1.29 is 196 Å². The predicted octanol–water partition coefficient (Wildman–Crippen LogP) is 14.4. The van der Waals surface area contributed by atoms with Gasteiger partial charge in [-0.15, -0.1) is 0 Å². The van der Waals surface area contributed by atoms with Crippen LogP contribution in [-0.2, 0) is 132 Å². The largest absolute Gasteiger partial charge is 0.508 e. The number of rotatable bonds is 2. The third-order valence-corrected chi connectivity index (χ3v) is 3.01. The topological polar surface area (TPSA) is 196 Å². The molecule has 5 N–H and O–H groups in total. The van der Waals surface area contributed by atoms with Gasteiger partial charge in [-0.25, -0.2) is 0 Å². The van der Waals surface area contributed by atoms with Crippen molar-refractivity contribution in [3.63, 3.8) is 0 Å². The smallest absolute Gasteiger partial charge is 0.316 e. The summed E-state index contributed by atoms with van der Waals surface area (Å²) < 4.78 is 8.37. The van der Waals surface area contributed by atoms with E-state index >= 15 is 0 Å². The molecule has 11 nitrogen and oxygen atoms in total. The summed E-state index contributed by atoms with van der Waals surface area (Å²) in [5.74, 6) is -0.198. The summed E-state index contributed by atoms with van der Waals surface area (Å²) in [5.41, 5.74) is 0. The van der Waals surface area contributed by atoms with E-state index < -0.39 is 11.9 Å². The fraction of sp³-hybridized carbons (Fsp3) is 0.529. The number of para-hydroxylation sites is 3. The van der Waals surface area contributed by atoms with Gasteiger partial charge in [-0.3, -0.25) is 9.59 Å². The van der Waals surface area contributed by atoms with Crippen LogP contribution in [0.15, 0.2) is 91.0 Å². The fourth-order valence-electron chi connectivity index (χ4n) is 1.55. The van der Waals surface area contributed by atoms with Crippen LogP contribution < -0.4 is 0 Å². The molecule has 3 aromatic rings. The van der Waals surface area contributed by atoms with Crippen molar-refractivity contribution in [1.29, 1.82) is 0 Å². The third kappa shape index (κ3) is 287. The van der Waals surface area contributed by atoms with Gasteiger partial charge >= 0.3 is 11.9 Å². The number of aldehydes is 3. The molecule has 0 aliphatic heterocycles. The molecule has 0 saturated carbocycles. The molecule has 0 atom stereocenters. The molecule has 401 valence electrons. The quantitative estimate of drug-likeness (QED) is 0.0730. The first kappa shape index (κ1) is 128. The van der Waals surface area contributed by atoms with Gasteiger partial charge in [-0.05, 0) is 57.2 Å². The maximum absolute atomic E-state index is 10.3. The van der Waals surface area contributed by atoms with E-state index in [2.05, 4.69) is 68.4 Å². The average Bonchev–Trinajstić information content (AvgIpc) is 3.27. The number of aromatic hydroxyl groups is 3. The maximum Gasteiger partial charge on any atom is 0.316 e. The maximum atomic E-state index is 10.3. The van der Waals surface area contributed by atoms with E-state index in [1.807, 2.05) is 101 Å². The molecule has 69 heavy (non-hydrogen) atoms. The van der Waals surface area contributed by atoms with Crippen LogP contribution >= 0.6 is 0 Å². The van der Waals surface area contributed by atoms with E-state index in [1.165, 1.54) is 35.0 Å². The Morgan fingerprint density at radius 1 is 0.420 bits per heavy atom. The first-order valence-corrected chi connectivity index (χ1v) is 30.7. The van der Waals surface area contributed by atoms with Crippen molar-refractivity contribution in [2.75, 3.05) is 14.2 Å². The Labute approximate surface area is 545 Å².